The third-order valence-corrected chi connectivity index (χ3v) is 2.86. The van der Waals surface area contributed by atoms with Gasteiger partial charge in [-0.15, -0.1) is 0 Å². The van der Waals surface area contributed by atoms with E-state index in [9.17, 15) is 0 Å². The number of hydrogen-bond acceptors (Lipinski definition) is 6. The lowest BCUT2D eigenvalue weighted by Crippen LogP contribution is -2.34. The summed E-state index contributed by atoms with van der Waals surface area (Å²) in [5, 5.41) is 4.07. The number of hydrogen-bond donors (Lipinski definition) is 1. The van der Waals surface area contributed by atoms with Gasteiger partial charge in [0, 0.05) is 24.5 Å². The first kappa shape index (κ1) is 10.8. The number of aromatic nitrogens is 2. The van der Waals surface area contributed by atoms with Crippen LogP contribution in [0.2, 0.25) is 0 Å². The van der Waals surface area contributed by atoms with Crippen molar-refractivity contribution in [3.05, 3.63) is 5.82 Å². The Morgan fingerprint density at radius 3 is 3.13 bits per heavy atom. The highest BCUT2D eigenvalue weighted by Gasteiger charge is 2.14. The summed E-state index contributed by atoms with van der Waals surface area (Å²) in [5.41, 5.74) is 0. The SMILES string of the molecule is CCc1nsc(NCC2COCCO2)n1. The zero-order valence-corrected chi connectivity index (χ0v) is 9.55. The highest BCUT2D eigenvalue weighted by atomic mass is 32.1. The van der Waals surface area contributed by atoms with Crippen LogP contribution in [-0.4, -0.2) is 41.8 Å². The summed E-state index contributed by atoms with van der Waals surface area (Å²) in [5.74, 6) is 0.892. The van der Waals surface area contributed by atoms with Gasteiger partial charge in [0.25, 0.3) is 0 Å². The minimum Gasteiger partial charge on any atom is -0.376 e. The van der Waals surface area contributed by atoms with E-state index in [2.05, 4.69) is 14.7 Å². The molecule has 15 heavy (non-hydrogen) atoms. The van der Waals surface area contributed by atoms with Gasteiger partial charge in [-0.2, -0.15) is 4.37 Å². The van der Waals surface area contributed by atoms with Crippen molar-refractivity contribution in [3.8, 4) is 0 Å². The lowest BCUT2D eigenvalue weighted by molar-refractivity contribution is -0.0818. The Labute approximate surface area is 93.0 Å². The second-order valence-corrected chi connectivity index (χ2v) is 4.07. The van der Waals surface area contributed by atoms with E-state index in [1.807, 2.05) is 6.92 Å². The maximum absolute atomic E-state index is 5.50. The van der Waals surface area contributed by atoms with Gasteiger partial charge < -0.3 is 14.8 Å². The van der Waals surface area contributed by atoms with Crippen molar-refractivity contribution < 1.29 is 9.47 Å². The highest BCUT2D eigenvalue weighted by Crippen LogP contribution is 2.12. The van der Waals surface area contributed by atoms with Gasteiger partial charge in [0.15, 0.2) is 0 Å². The molecule has 1 aromatic rings. The van der Waals surface area contributed by atoms with E-state index >= 15 is 0 Å². The van der Waals surface area contributed by atoms with E-state index in [0.717, 1.165) is 23.9 Å². The standard InChI is InChI=1S/C9H15N3O2S/c1-2-8-11-9(15-12-8)10-5-7-6-13-3-4-14-7/h7H,2-6H2,1H3,(H,10,11,12). The van der Waals surface area contributed by atoms with Crippen molar-refractivity contribution in [1.29, 1.82) is 0 Å². The summed E-state index contributed by atoms with van der Waals surface area (Å²) in [6.07, 6.45) is 1.01. The maximum Gasteiger partial charge on any atom is 0.202 e. The molecule has 0 amide bonds. The Morgan fingerprint density at radius 1 is 1.53 bits per heavy atom. The van der Waals surface area contributed by atoms with Crippen molar-refractivity contribution in [2.45, 2.75) is 19.4 Å². The van der Waals surface area contributed by atoms with Gasteiger partial charge >= 0.3 is 0 Å². The van der Waals surface area contributed by atoms with Crippen LogP contribution >= 0.6 is 11.5 Å². The fourth-order valence-corrected chi connectivity index (χ4v) is 1.98. The predicted octanol–water partition coefficient (Wildman–Crippen LogP) is 0.928. The topological polar surface area (TPSA) is 56.3 Å². The quantitative estimate of drug-likeness (QED) is 0.832. The molecule has 0 aliphatic carbocycles. The van der Waals surface area contributed by atoms with E-state index in [0.29, 0.717) is 19.8 Å². The fraction of sp³-hybridized carbons (Fsp3) is 0.778. The van der Waals surface area contributed by atoms with Crippen LogP contribution in [0.15, 0.2) is 0 Å². The smallest absolute Gasteiger partial charge is 0.202 e. The minimum absolute atomic E-state index is 0.132. The van der Waals surface area contributed by atoms with Crippen molar-refractivity contribution in [1.82, 2.24) is 9.36 Å². The molecular formula is C9H15N3O2S. The van der Waals surface area contributed by atoms with Crippen LogP contribution in [0.5, 0.6) is 0 Å². The first-order valence-electron chi connectivity index (χ1n) is 5.14. The van der Waals surface area contributed by atoms with Gasteiger partial charge in [-0.05, 0) is 0 Å². The molecule has 1 aliphatic heterocycles. The Hall–Kier alpha value is -0.720. The molecule has 0 spiro atoms. The first-order valence-corrected chi connectivity index (χ1v) is 5.91. The van der Waals surface area contributed by atoms with Crippen molar-refractivity contribution in [3.63, 3.8) is 0 Å². The number of nitrogens with zero attached hydrogens (tertiary/aromatic N) is 2. The molecule has 1 fully saturated rings. The van der Waals surface area contributed by atoms with E-state index in [1.165, 1.54) is 11.5 Å². The van der Waals surface area contributed by atoms with Crippen LogP contribution in [0.1, 0.15) is 12.7 Å². The largest absolute Gasteiger partial charge is 0.376 e. The normalized spacial score (nSPS) is 21.5. The monoisotopic (exact) mass is 229 g/mol. The third kappa shape index (κ3) is 3.12. The van der Waals surface area contributed by atoms with E-state index < -0.39 is 0 Å². The van der Waals surface area contributed by atoms with Crippen molar-refractivity contribution in [2.75, 3.05) is 31.7 Å². The summed E-state index contributed by atoms with van der Waals surface area (Å²) >= 11 is 1.39. The minimum atomic E-state index is 0.132. The van der Waals surface area contributed by atoms with Gasteiger partial charge in [-0.1, -0.05) is 6.92 Å². The average Bonchev–Trinajstić information content (AvgIpc) is 2.76. The number of aryl methyl sites for hydroxylation is 1. The predicted molar refractivity (Wildman–Crippen MR) is 58.3 cm³/mol. The molecule has 84 valence electrons. The molecule has 6 heteroatoms. The van der Waals surface area contributed by atoms with Crippen LogP contribution in [0.25, 0.3) is 0 Å². The van der Waals surface area contributed by atoms with Gasteiger partial charge in [-0.25, -0.2) is 4.98 Å². The number of rotatable bonds is 4. The van der Waals surface area contributed by atoms with Crippen LogP contribution in [0, 0.1) is 0 Å². The zero-order valence-electron chi connectivity index (χ0n) is 8.73. The Morgan fingerprint density at radius 2 is 2.47 bits per heavy atom. The second kappa shape index (κ2) is 5.39. The fourth-order valence-electron chi connectivity index (χ4n) is 1.32. The van der Waals surface area contributed by atoms with Crippen molar-refractivity contribution >= 4 is 16.7 Å². The van der Waals surface area contributed by atoms with Gasteiger partial charge in [0.05, 0.1) is 25.9 Å². The van der Waals surface area contributed by atoms with E-state index in [-0.39, 0.29) is 6.10 Å². The third-order valence-electron chi connectivity index (χ3n) is 2.15. The van der Waals surface area contributed by atoms with Crippen LogP contribution in [0.4, 0.5) is 5.13 Å². The van der Waals surface area contributed by atoms with Crippen LogP contribution in [-0.2, 0) is 15.9 Å². The van der Waals surface area contributed by atoms with Gasteiger partial charge in [0.2, 0.25) is 5.13 Å². The molecule has 5 nitrogen and oxygen atoms in total. The molecule has 0 saturated carbocycles. The second-order valence-electron chi connectivity index (χ2n) is 3.32. The Kier molecular flexibility index (Phi) is 3.87. The van der Waals surface area contributed by atoms with Crippen LogP contribution in [0.3, 0.4) is 0 Å². The molecule has 2 heterocycles. The van der Waals surface area contributed by atoms with E-state index in [4.69, 9.17) is 9.47 Å². The summed E-state index contributed by atoms with van der Waals surface area (Å²) in [4.78, 5) is 4.31. The van der Waals surface area contributed by atoms with Gasteiger partial charge in [0.1, 0.15) is 5.82 Å². The summed E-state index contributed by atoms with van der Waals surface area (Å²) in [6, 6.07) is 0. The van der Waals surface area contributed by atoms with Crippen molar-refractivity contribution in [2.24, 2.45) is 0 Å². The molecule has 0 radical (unpaired) electrons. The number of anilines is 1. The molecule has 1 N–H and O–H groups in total. The van der Waals surface area contributed by atoms with Gasteiger partial charge in [-0.3, -0.25) is 0 Å². The summed E-state index contributed by atoms with van der Waals surface area (Å²) in [7, 11) is 0. The molecule has 0 bridgehead atoms. The maximum atomic E-state index is 5.50. The number of nitrogens with one attached hydrogen (secondary N) is 1. The summed E-state index contributed by atoms with van der Waals surface area (Å²) in [6.45, 7) is 4.83. The highest BCUT2D eigenvalue weighted by molar-refractivity contribution is 7.09. The molecule has 1 unspecified atom stereocenters. The molecule has 1 saturated heterocycles. The Balaban J connectivity index is 1.76. The molecule has 1 aliphatic rings. The summed E-state index contributed by atoms with van der Waals surface area (Å²) < 4.78 is 15.0. The zero-order chi connectivity index (χ0) is 10.5. The Bertz CT molecular complexity index is 299. The van der Waals surface area contributed by atoms with Crippen LogP contribution < -0.4 is 5.32 Å². The molecule has 0 aromatic carbocycles. The first-order chi connectivity index (χ1) is 7.38. The lowest BCUT2D eigenvalue weighted by atomic mass is 10.3. The lowest BCUT2D eigenvalue weighted by Gasteiger charge is -2.22. The molecule has 1 aromatic heterocycles. The number of ether oxygens (including phenoxy) is 2. The van der Waals surface area contributed by atoms with E-state index in [1.54, 1.807) is 0 Å². The molecule has 2 rings (SSSR count). The average molecular weight is 229 g/mol. The molecular weight excluding hydrogens is 214 g/mol. The molecule has 1 atom stereocenters.